The van der Waals surface area contributed by atoms with Crippen LogP contribution in [0.5, 0.6) is 0 Å². The largest absolute Gasteiger partial charge is 0.350 e. The third-order valence-corrected chi connectivity index (χ3v) is 3.12. The molecule has 0 spiro atoms. The minimum absolute atomic E-state index is 0.680. The molecule has 1 heterocycles. The summed E-state index contributed by atoms with van der Waals surface area (Å²) in [5.74, 6) is 0. The first-order chi connectivity index (χ1) is 8.65. The zero-order valence-electron chi connectivity index (χ0n) is 9.75. The maximum absolute atomic E-state index is 10.5. The van der Waals surface area contributed by atoms with E-state index in [9.17, 15) is 4.79 Å². The number of nitrogens with zero attached hydrogens (tertiary/aromatic N) is 2. The van der Waals surface area contributed by atoms with Gasteiger partial charge < -0.3 is 5.73 Å². The van der Waals surface area contributed by atoms with Crippen LogP contribution in [0.4, 0.5) is 4.79 Å². The van der Waals surface area contributed by atoms with Crippen molar-refractivity contribution in [2.75, 3.05) is 0 Å². The Kier molecular flexibility index (Phi) is 3.69. The molecule has 0 aliphatic rings. The van der Waals surface area contributed by atoms with E-state index < -0.39 is 6.03 Å². The van der Waals surface area contributed by atoms with Gasteiger partial charge in [-0.25, -0.2) is 10.2 Å². The van der Waals surface area contributed by atoms with Gasteiger partial charge in [-0.15, -0.1) is 0 Å². The van der Waals surface area contributed by atoms with Crippen LogP contribution in [0.1, 0.15) is 11.3 Å². The van der Waals surface area contributed by atoms with Gasteiger partial charge in [-0.05, 0) is 41.7 Å². The number of nitrogens with two attached hydrogens (primary N) is 1. The number of hydrogen-bond acceptors (Lipinski definition) is 4. The molecule has 3 N–H and O–H groups in total. The van der Waals surface area contributed by atoms with Gasteiger partial charge in [-0.3, -0.25) is 0 Å². The minimum atomic E-state index is -0.680. The van der Waals surface area contributed by atoms with Gasteiger partial charge in [0.25, 0.3) is 0 Å². The number of amides is 2. The molecule has 0 bridgehead atoms. The lowest BCUT2D eigenvalue weighted by Gasteiger charge is -1.98. The van der Waals surface area contributed by atoms with E-state index in [1.165, 1.54) is 11.5 Å². The molecule has 5 nitrogen and oxygen atoms in total. The molecule has 0 unspecified atom stereocenters. The van der Waals surface area contributed by atoms with Gasteiger partial charge >= 0.3 is 6.03 Å². The summed E-state index contributed by atoms with van der Waals surface area (Å²) in [4.78, 5) is 11.6. The normalized spacial score (nSPS) is 10.7. The molecule has 0 radical (unpaired) electrons. The average molecular weight is 260 g/mol. The SMILES string of the molecule is Cc1cc(-c2cccc(C=NNC(N)=O)c2)sn1. The molecule has 0 aliphatic heterocycles. The van der Waals surface area contributed by atoms with Crippen LogP contribution in [-0.4, -0.2) is 16.6 Å². The van der Waals surface area contributed by atoms with Crippen LogP contribution < -0.4 is 11.2 Å². The Hall–Kier alpha value is -2.21. The van der Waals surface area contributed by atoms with Gasteiger partial charge in [-0.1, -0.05) is 18.2 Å². The van der Waals surface area contributed by atoms with Crippen LogP contribution in [-0.2, 0) is 0 Å². The highest BCUT2D eigenvalue weighted by Crippen LogP contribution is 2.24. The molecule has 18 heavy (non-hydrogen) atoms. The lowest BCUT2D eigenvalue weighted by molar-refractivity contribution is 0.249. The maximum atomic E-state index is 10.5. The van der Waals surface area contributed by atoms with Crippen LogP contribution in [0.3, 0.4) is 0 Å². The Morgan fingerprint density at radius 2 is 2.33 bits per heavy atom. The number of aryl methyl sites for hydroxylation is 1. The number of carbonyl (C=O) groups is 1. The van der Waals surface area contributed by atoms with Crippen LogP contribution >= 0.6 is 11.5 Å². The summed E-state index contributed by atoms with van der Waals surface area (Å²) in [7, 11) is 0. The van der Waals surface area contributed by atoms with Crippen molar-refractivity contribution in [2.24, 2.45) is 10.8 Å². The number of aromatic nitrogens is 1. The summed E-state index contributed by atoms with van der Waals surface area (Å²) in [6.07, 6.45) is 1.54. The molecule has 2 aromatic rings. The fraction of sp³-hybridized carbons (Fsp3) is 0.0833. The Balaban J connectivity index is 2.20. The number of primary amides is 1. The van der Waals surface area contributed by atoms with E-state index in [1.54, 1.807) is 6.21 Å². The van der Waals surface area contributed by atoms with Crippen LogP contribution in [0.25, 0.3) is 10.4 Å². The second-order valence-electron chi connectivity index (χ2n) is 3.69. The first-order valence-electron chi connectivity index (χ1n) is 5.27. The van der Waals surface area contributed by atoms with Crippen LogP contribution in [0.2, 0.25) is 0 Å². The van der Waals surface area contributed by atoms with E-state index in [2.05, 4.69) is 14.9 Å². The highest BCUT2D eigenvalue weighted by molar-refractivity contribution is 7.09. The minimum Gasteiger partial charge on any atom is -0.350 e. The predicted molar refractivity (Wildman–Crippen MR) is 72.6 cm³/mol. The number of rotatable bonds is 3. The molecule has 1 aromatic carbocycles. The zero-order chi connectivity index (χ0) is 13.0. The predicted octanol–water partition coefficient (Wildman–Crippen LogP) is 2.12. The van der Waals surface area contributed by atoms with Crippen molar-refractivity contribution in [1.82, 2.24) is 9.80 Å². The van der Waals surface area contributed by atoms with Gasteiger partial charge in [0, 0.05) is 0 Å². The van der Waals surface area contributed by atoms with Gasteiger partial charge in [0.05, 0.1) is 16.8 Å². The summed E-state index contributed by atoms with van der Waals surface area (Å²) in [5.41, 5.74) is 10.0. The molecule has 2 rings (SSSR count). The number of hydrogen-bond donors (Lipinski definition) is 2. The van der Waals surface area contributed by atoms with Crippen molar-refractivity contribution in [2.45, 2.75) is 6.92 Å². The molecule has 0 atom stereocenters. The molecule has 6 heteroatoms. The molecule has 0 saturated heterocycles. The van der Waals surface area contributed by atoms with E-state index in [0.717, 1.165) is 21.7 Å². The summed E-state index contributed by atoms with van der Waals surface area (Å²) in [6.45, 7) is 1.96. The third-order valence-electron chi connectivity index (χ3n) is 2.19. The molecule has 0 fully saturated rings. The maximum Gasteiger partial charge on any atom is 0.332 e. The topological polar surface area (TPSA) is 80.4 Å². The fourth-order valence-corrected chi connectivity index (χ4v) is 2.19. The summed E-state index contributed by atoms with van der Waals surface area (Å²) < 4.78 is 4.24. The summed E-state index contributed by atoms with van der Waals surface area (Å²) in [6, 6.07) is 9.15. The van der Waals surface area contributed by atoms with Crippen molar-refractivity contribution in [3.63, 3.8) is 0 Å². The number of urea groups is 1. The van der Waals surface area contributed by atoms with E-state index in [1.807, 2.05) is 37.3 Å². The van der Waals surface area contributed by atoms with Crippen LogP contribution in [0, 0.1) is 6.92 Å². The molecular formula is C12H12N4OS. The third kappa shape index (κ3) is 3.14. The highest BCUT2D eigenvalue weighted by atomic mass is 32.1. The highest BCUT2D eigenvalue weighted by Gasteiger charge is 2.02. The lowest BCUT2D eigenvalue weighted by Crippen LogP contribution is -2.24. The van der Waals surface area contributed by atoms with E-state index in [4.69, 9.17) is 5.73 Å². The second kappa shape index (κ2) is 5.42. The van der Waals surface area contributed by atoms with Crippen LogP contribution in [0.15, 0.2) is 35.4 Å². The van der Waals surface area contributed by atoms with Gasteiger partial charge in [0.1, 0.15) is 0 Å². The van der Waals surface area contributed by atoms with Crippen molar-refractivity contribution >= 4 is 23.8 Å². The zero-order valence-corrected chi connectivity index (χ0v) is 10.6. The second-order valence-corrected chi connectivity index (χ2v) is 4.50. The Bertz CT molecular complexity index is 591. The van der Waals surface area contributed by atoms with E-state index >= 15 is 0 Å². The van der Waals surface area contributed by atoms with Gasteiger partial charge in [0.2, 0.25) is 0 Å². The first kappa shape index (κ1) is 12.3. The molecule has 2 amide bonds. The molecular weight excluding hydrogens is 248 g/mol. The smallest absolute Gasteiger partial charge is 0.332 e. The Morgan fingerprint density at radius 1 is 1.50 bits per heavy atom. The molecule has 0 aliphatic carbocycles. The molecule has 1 aromatic heterocycles. The first-order valence-corrected chi connectivity index (χ1v) is 6.05. The van der Waals surface area contributed by atoms with Crippen molar-refractivity contribution in [3.05, 3.63) is 41.6 Å². The fourth-order valence-electron chi connectivity index (χ4n) is 1.44. The molecule has 92 valence electrons. The van der Waals surface area contributed by atoms with Crippen molar-refractivity contribution in [1.29, 1.82) is 0 Å². The Labute approximate surface area is 109 Å². The number of hydrazone groups is 1. The Morgan fingerprint density at radius 3 is 3.00 bits per heavy atom. The number of carbonyl (C=O) groups excluding carboxylic acids is 1. The van der Waals surface area contributed by atoms with E-state index in [0.29, 0.717) is 0 Å². The van der Waals surface area contributed by atoms with Crippen molar-refractivity contribution < 1.29 is 4.79 Å². The summed E-state index contributed by atoms with van der Waals surface area (Å²) in [5, 5.41) is 3.72. The lowest BCUT2D eigenvalue weighted by atomic mass is 10.1. The summed E-state index contributed by atoms with van der Waals surface area (Å²) >= 11 is 1.46. The monoisotopic (exact) mass is 260 g/mol. The van der Waals surface area contributed by atoms with Gasteiger partial charge in [-0.2, -0.15) is 9.47 Å². The van der Waals surface area contributed by atoms with Crippen molar-refractivity contribution in [3.8, 4) is 10.4 Å². The van der Waals surface area contributed by atoms with Gasteiger partial charge in [0.15, 0.2) is 0 Å². The van der Waals surface area contributed by atoms with E-state index in [-0.39, 0.29) is 0 Å². The molecule has 0 saturated carbocycles. The quantitative estimate of drug-likeness (QED) is 0.654. The number of nitrogens with one attached hydrogen (secondary N) is 1. The standard InChI is InChI=1S/C12H12N4OS/c1-8-5-11(18-16-8)10-4-2-3-9(6-10)7-14-15-12(13)17/h2-7H,1H3,(H3,13,15,17). The average Bonchev–Trinajstić information content (AvgIpc) is 2.76. The number of benzene rings is 1.